The van der Waals surface area contributed by atoms with E-state index in [1.54, 1.807) is 10.6 Å². The minimum absolute atomic E-state index is 0.0585. The molecule has 3 heterocycles. The summed E-state index contributed by atoms with van der Waals surface area (Å²) in [6, 6.07) is 7.33. The lowest BCUT2D eigenvalue weighted by atomic mass is 10.2. The van der Waals surface area contributed by atoms with Crippen LogP contribution in [0.4, 0.5) is 0 Å². The molecule has 1 atom stereocenters. The first kappa shape index (κ1) is 20.9. The van der Waals surface area contributed by atoms with Crippen molar-refractivity contribution in [1.29, 1.82) is 5.41 Å². The van der Waals surface area contributed by atoms with Gasteiger partial charge in [-0.25, -0.2) is 4.98 Å². The fourth-order valence-corrected chi connectivity index (χ4v) is 4.81. The van der Waals surface area contributed by atoms with Gasteiger partial charge in [0.15, 0.2) is 10.8 Å². The number of carbonyl (C=O) groups is 1. The molecule has 1 fully saturated rings. The molecule has 0 bridgehead atoms. The van der Waals surface area contributed by atoms with Gasteiger partial charge in [-0.05, 0) is 25.5 Å². The average Bonchev–Trinajstić information content (AvgIpc) is 3.14. The topological polar surface area (TPSA) is 99.9 Å². The van der Waals surface area contributed by atoms with E-state index < -0.39 is 0 Å². The van der Waals surface area contributed by atoms with E-state index in [1.807, 2.05) is 36.9 Å². The van der Waals surface area contributed by atoms with Crippen molar-refractivity contribution in [3.63, 3.8) is 0 Å². The summed E-state index contributed by atoms with van der Waals surface area (Å²) in [5.41, 5.74) is 2.10. The number of benzene rings is 1. The zero-order chi connectivity index (χ0) is 21.3. The standard InChI is InChI=1S/C20H23ClN6O2S/c1-3-15(19(28)26-8-10-29-11-9-26)30-20-23-18-16(12(2)24-25-18)17(22)27(20)14-7-5-4-6-13(14)21/h4-7,15,22H,3,8-11H2,1-2H3,(H,24,25)/t15-/m1/s1. The van der Waals surface area contributed by atoms with Crippen molar-refractivity contribution in [3.05, 3.63) is 40.5 Å². The number of thioether (sulfide) groups is 1. The normalized spacial score (nSPS) is 15.5. The van der Waals surface area contributed by atoms with Crippen LogP contribution in [0, 0.1) is 12.3 Å². The fraction of sp³-hybridized carbons (Fsp3) is 0.400. The molecule has 1 aromatic carbocycles. The molecule has 1 amide bonds. The van der Waals surface area contributed by atoms with E-state index in [-0.39, 0.29) is 16.6 Å². The first-order valence-electron chi connectivity index (χ1n) is 9.81. The molecule has 158 valence electrons. The smallest absolute Gasteiger partial charge is 0.236 e. The Kier molecular flexibility index (Phi) is 6.12. The van der Waals surface area contributed by atoms with Crippen molar-refractivity contribution in [1.82, 2.24) is 24.6 Å². The number of nitrogens with zero attached hydrogens (tertiary/aromatic N) is 4. The Bertz CT molecular complexity index is 1140. The third kappa shape index (κ3) is 3.84. The van der Waals surface area contributed by atoms with Crippen molar-refractivity contribution in [2.45, 2.75) is 30.7 Å². The van der Waals surface area contributed by atoms with Crippen LogP contribution < -0.4 is 5.49 Å². The first-order valence-corrected chi connectivity index (χ1v) is 11.1. The maximum Gasteiger partial charge on any atom is 0.236 e. The molecule has 8 nitrogen and oxygen atoms in total. The molecule has 0 aliphatic carbocycles. The lowest BCUT2D eigenvalue weighted by Gasteiger charge is -2.30. The monoisotopic (exact) mass is 446 g/mol. The van der Waals surface area contributed by atoms with Crippen molar-refractivity contribution < 1.29 is 9.53 Å². The van der Waals surface area contributed by atoms with Gasteiger partial charge in [0.1, 0.15) is 5.49 Å². The molecule has 4 rings (SSSR count). The second-order valence-electron chi connectivity index (χ2n) is 7.03. The van der Waals surface area contributed by atoms with Gasteiger partial charge in [-0.2, -0.15) is 5.10 Å². The third-order valence-corrected chi connectivity index (χ3v) is 6.72. The Labute approximate surface area is 183 Å². The summed E-state index contributed by atoms with van der Waals surface area (Å²) >= 11 is 7.81. The number of rotatable bonds is 5. The van der Waals surface area contributed by atoms with Gasteiger partial charge in [0, 0.05) is 18.8 Å². The molecule has 1 aliphatic rings. The number of ether oxygens (including phenoxy) is 1. The number of hydrogen-bond acceptors (Lipinski definition) is 6. The summed E-state index contributed by atoms with van der Waals surface area (Å²) in [4.78, 5) is 19.7. The van der Waals surface area contributed by atoms with Crippen LogP contribution in [0.5, 0.6) is 0 Å². The van der Waals surface area contributed by atoms with E-state index in [2.05, 4.69) is 10.2 Å². The lowest BCUT2D eigenvalue weighted by molar-refractivity contribution is -0.134. The maximum atomic E-state index is 13.1. The third-order valence-electron chi connectivity index (χ3n) is 5.09. The number of H-pyrrole nitrogens is 1. The van der Waals surface area contributed by atoms with Crippen LogP contribution in [0.1, 0.15) is 19.0 Å². The number of halogens is 1. The Morgan fingerprint density at radius 3 is 2.80 bits per heavy atom. The summed E-state index contributed by atoms with van der Waals surface area (Å²) in [5.74, 6) is 0.0585. The number of para-hydroxylation sites is 1. The van der Waals surface area contributed by atoms with E-state index >= 15 is 0 Å². The van der Waals surface area contributed by atoms with Crippen molar-refractivity contribution in [2.75, 3.05) is 26.3 Å². The number of morpholine rings is 1. The highest BCUT2D eigenvalue weighted by Gasteiger charge is 2.28. The van der Waals surface area contributed by atoms with Crippen LogP contribution in [0.25, 0.3) is 16.7 Å². The molecule has 2 aromatic heterocycles. The van der Waals surface area contributed by atoms with E-state index in [0.29, 0.717) is 59.6 Å². The predicted molar refractivity (Wildman–Crippen MR) is 116 cm³/mol. The van der Waals surface area contributed by atoms with Crippen LogP contribution >= 0.6 is 23.4 Å². The molecular weight excluding hydrogens is 424 g/mol. The maximum absolute atomic E-state index is 13.1. The fourth-order valence-electron chi connectivity index (χ4n) is 3.49. The molecule has 0 unspecified atom stereocenters. The highest BCUT2D eigenvalue weighted by Crippen LogP contribution is 2.30. The first-order chi connectivity index (χ1) is 14.5. The molecule has 0 radical (unpaired) electrons. The number of aromatic amines is 1. The van der Waals surface area contributed by atoms with Crippen LogP contribution in [0.3, 0.4) is 0 Å². The average molecular weight is 447 g/mol. The Balaban J connectivity index is 1.81. The van der Waals surface area contributed by atoms with Crippen LogP contribution in [-0.4, -0.2) is 62.1 Å². The van der Waals surface area contributed by atoms with Crippen molar-refractivity contribution in [3.8, 4) is 5.69 Å². The molecule has 0 spiro atoms. The van der Waals surface area contributed by atoms with Gasteiger partial charge >= 0.3 is 0 Å². The summed E-state index contributed by atoms with van der Waals surface area (Å²) in [6.07, 6.45) is 0.635. The highest BCUT2D eigenvalue weighted by molar-refractivity contribution is 8.00. The SMILES string of the molecule is CC[C@@H](Sc1nc2n[nH]c(C)c2c(=N)n1-c1ccccc1Cl)C(=O)N1CCOCC1. The number of aryl methyl sites for hydroxylation is 1. The summed E-state index contributed by atoms with van der Waals surface area (Å²) in [5, 5.41) is 17.3. The van der Waals surface area contributed by atoms with Gasteiger partial charge in [-0.3, -0.25) is 19.9 Å². The minimum atomic E-state index is -0.332. The molecular formula is C20H23ClN6O2S. The van der Waals surface area contributed by atoms with Crippen LogP contribution in [-0.2, 0) is 9.53 Å². The van der Waals surface area contributed by atoms with Gasteiger partial charge in [0.05, 0.1) is 34.6 Å². The van der Waals surface area contributed by atoms with Crippen LogP contribution in [0.2, 0.25) is 5.02 Å². The summed E-state index contributed by atoms with van der Waals surface area (Å²) in [7, 11) is 0. The molecule has 0 saturated carbocycles. The number of nitrogens with one attached hydrogen (secondary N) is 2. The second kappa shape index (κ2) is 8.79. The van der Waals surface area contributed by atoms with Gasteiger partial charge < -0.3 is 9.64 Å². The van der Waals surface area contributed by atoms with E-state index in [0.717, 1.165) is 5.69 Å². The largest absolute Gasteiger partial charge is 0.378 e. The minimum Gasteiger partial charge on any atom is -0.378 e. The molecule has 10 heteroatoms. The summed E-state index contributed by atoms with van der Waals surface area (Å²) in [6.45, 7) is 6.13. The number of aromatic nitrogens is 4. The lowest BCUT2D eigenvalue weighted by Crippen LogP contribution is -2.44. The molecule has 3 aromatic rings. The number of hydrogen-bond donors (Lipinski definition) is 2. The quantitative estimate of drug-likeness (QED) is 0.463. The highest BCUT2D eigenvalue weighted by atomic mass is 35.5. The Morgan fingerprint density at radius 1 is 1.37 bits per heavy atom. The zero-order valence-corrected chi connectivity index (χ0v) is 18.4. The number of fused-ring (bicyclic) bond motifs is 1. The van der Waals surface area contributed by atoms with Gasteiger partial charge in [0.25, 0.3) is 0 Å². The Morgan fingerprint density at radius 2 is 2.10 bits per heavy atom. The summed E-state index contributed by atoms with van der Waals surface area (Å²) < 4.78 is 7.07. The Hall–Kier alpha value is -2.36. The van der Waals surface area contributed by atoms with E-state index in [1.165, 1.54) is 11.8 Å². The molecule has 1 saturated heterocycles. The number of carbonyl (C=O) groups excluding carboxylic acids is 1. The van der Waals surface area contributed by atoms with Gasteiger partial charge in [0.2, 0.25) is 5.91 Å². The zero-order valence-electron chi connectivity index (χ0n) is 16.8. The molecule has 2 N–H and O–H groups in total. The molecule has 1 aliphatic heterocycles. The van der Waals surface area contributed by atoms with Crippen molar-refractivity contribution in [2.24, 2.45) is 0 Å². The second-order valence-corrected chi connectivity index (χ2v) is 8.61. The van der Waals surface area contributed by atoms with Gasteiger partial charge in [-0.1, -0.05) is 42.4 Å². The van der Waals surface area contributed by atoms with E-state index in [9.17, 15) is 4.79 Å². The van der Waals surface area contributed by atoms with Crippen LogP contribution in [0.15, 0.2) is 29.4 Å². The van der Waals surface area contributed by atoms with E-state index in [4.69, 9.17) is 26.7 Å². The number of amides is 1. The predicted octanol–water partition coefficient (Wildman–Crippen LogP) is 2.92. The van der Waals surface area contributed by atoms with Crippen molar-refractivity contribution >= 4 is 40.3 Å². The van der Waals surface area contributed by atoms with Gasteiger partial charge in [-0.15, -0.1) is 0 Å². The molecule has 30 heavy (non-hydrogen) atoms.